The molecule has 5 aromatic carbocycles. The Morgan fingerprint density at radius 2 is 1.34 bits per heavy atom. The van der Waals surface area contributed by atoms with E-state index in [2.05, 4.69) is 4.98 Å². The first-order valence-corrected chi connectivity index (χ1v) is 20.9. The average molecular weight is 757 g/mol. The lowest BCUT2D eigenvalue weighted by atomic mass is 9.72. The van der Waals surface area contributed by atoms with Crippen LogP contribution in [-0.4, -0.2) is 58.5 Å². The second kappa shape index (κ2) is 12.9. The van der Waals surface area contributed by atoms with Crippen LogP contribution in [0.15, 0.2) is 151 Å². The lowest BCUT2D eigenvalue weighted by molar-refractivity contribution is -0.157. The first-order chi connectivity index (χ1) is 25.8. The smallest absolute Gasteiger partial charge is 0.266 e. The minimum absolute atomic E-state index is 0.113. The normalized spacial score (nSPS) is 23.7. The SMILES string of the molecule is CN1C(=O)[C@@]2(SCc3ccccc3)C[C@]3(c4c[nH]c5ccccc45)c4ccccc4N(S(=O)(=O)c4ccccc4)[C@@H]3N2C(=O)[C@@H]1SCc1ccccc1. The number of nitrogens with one attached hydrogen (secondary N) is 1. The highest BCUT2D eigenvalue weighted by atomic mass is 32.2. The van der Waals surface area contributed by atoms with E-state index in [9.17, 15) is 0 Å². The van der Waals surface area contributed by atoms with Crippen molar-refractivity contribution in [1.29, 1.82) is 0 Å². The minimum atomic E-state index is -4.27. The Morgan fingerprint density at radius 3 is 2.06 bits per heavy atom. The monoisotopic (exact) mass is 756 g/mol. The molecule has 2 saturated heterocycles. The van der Waals surface area contributed by atoms with E-state index in [1.54, 1.807) is 47.2 Å². The van der Waals surface area contributed by atoms with Gasteiger partial charge >= 0.3 is 0 Å². The number of likely N-dealkylation sites (N-methyl/N-ethyl adjacent to an activating group) is 1. The van der Waals surface area contributed by atoms with Gasteiger partial charge in [0.1, 0.15) is 6.17 Å². The summed E-state index contributed by atoms with van der Waals surface area (Å²) < 4.78 is 31.8. The maximum Gasteiger partial charge on any atom is 0.266 e. The lowest BCUT2D eigenvalue weighted by Crippen LogP contribution is -2.70. The predicted octanol–water partition coefficient (Wildman–Crippen LogP) is 7.58. The standard InChI is InChI=1S/C42H36N4O4S3/c1-44-38(51-26-29-15-5-2-6-16-29)37(47)45-39-41(34-25-43-35-23-13-11-21-32(34)35,28-42(45,40(44)48)52-27-30-17-7-3-8-18-30)33-22-12-14-24-36(33)46(39)53(49,50)31-19-9-4-10-20-31/h2-25,38-39,43H,26-28H2,1H3/t38-,39-,41+,42-/m0/s1. The number of carbonyl (C=O) groups excluding carboxylic acids is 2. The van der Waals surface area contributed by atoms with Crippen LogP contribution >= 0.6 is 23.5 Å². The summed E-state index contributed by atoms with van der Waals surface area (Å²) in [6.07, 6.45) is 1.03. The number of rotatable bonds is 9. The van der Waals surface area contributed by atoms with Crippen LogP contribution in [0, 0.1) is 0 Å². The summed E-state index contributed by atoms with van der Waals surface area (Å²) in [6, 6.07) is 43.6. The molecular formula is C42H36N4O4S3. The number of aromatic amines is 1. The molecule has 1 aromatic heterocycles. The Kier molecular flexibility index (Phi) is 8.21. The maximum atomic E-state index is 15.5. The van der Waals surface area contributed by atoms with Crippen molar-refractivity contribution in [3.63, 3.8) is 0 Å². The van der Waals surface area contributed by atoms with Crippen LogP contribution < -0.4 is 4.31 Å². The first kappa shape index (κ1) is 33.8. The molecule has 3 aliphatic heterocycles. The largest absolute Gasteiger partial charge is 0.361 e. The van der Waals surface area contributed by atoms with Crippen molar-refractivity contribution in [2.75, 3.05) is 11.4 Å². The Labute approximate surface area is 317 Å². The molecule has 53 heavy (non-hydrogen) atoms. The topological polar surface area (TPSA) is 93.8 Å². The van der Waals surface area contributed by atoms with Gasteiger partial charge in [0.05, 0.1) is 16.0 Å². The second-order valence-corrected chi connectivity index (χ2v) is 17.9. The van der Waals surface area contributed by atoms with E-state index in [4.69, 9.17) is 0 Å². The van der Waals surface area contributed by atoms with Gasteiger partial charge in [-0.2, -0.15) is 0 Å². The fraction of sp³-hybridized carbons (Fsp3) is 0.190. The lowest BCUT2D eigenvalue weighted by Gasteiger charge is -2.50. The first-order valence-electron chi connectivity index (χ1n) is 17.5. The van der Waals surface area contributed by atoms with Crippen molar-refractivity contribution in [2.24, 2.45) is 0 Å². The highest BCUT2D eigenvalue weighted by Gasteiger charge is 2.75. The Balaban J connectivity index is 1.30. The van der Waals surface area contributed by atoms with Crippen molar-refractivity contribution >= 4 is 62.0 Å². The quantitative estimate of drug-likeness (QED) is 0.164. The van der Waals surface area contributed by atoms with E-state index in [-0.39, 0.29) is 23.1 Å². The number of anilines is 1. The van der Waals surface area contributed by atoms with E-state index in [1.165, 1.54) is 27.8 Å². The third kappa shape index (κ3) is 5.08. The molecule has 0 spiro atoms. The Hall–Kier alpha value is -4.97. The van der Waals surface area contributed by atoms with Gasteiger partial charge in [-0.3, -0.25) is 14.5 Å². The summed E-state index contributed by atoms with van der Waals surface area (Å²) >= 11 is 2.80. The molecule has 0 bridgehead atoms. The second-order valence-electron chi connectivity index (χ2n) is 13.7. The van der Waals surface area contributed by atoms with Gasteiger partial charge < -0.3 is 9.88 Å². The van der Waals surface area contributed by atoms with Gasteiger partial charge in [0.2, 0.25) is 0 Å². The van der Waals surface area contributed by atoms with Gasteiger partial charge in [-0.1, -0.05) is 115 Å². The van der Waals surface area contributed by atoms with Gasteiger partial charge in [-0.15, -0.1) is 23.5 Å². The predicted molar refractivity (Wildman–Crippen MR) is 212 cm³/mol. The molecule has 266 valence electrons. The van der Waals surface area contributed by atoms with Crippen molar-refractivity contribution in [1.82, 2.24) is 14.8 Å². The molecule has 4 atom stereocenters. The zero-order valence-corrected chi connectivity index (χ0v) is 31.3. The summed E-state index contributed by atoms with van der Waals surface area (Å²) in [7, 11) is -2.56. The number of sulfonamides is 1. The molecule has 4 heterocycles. The number of hydrogen-bond donors (Lipinski definition) is 1. The van der Waals surface area contributed by atoms with Gasteiger partial charge in [0.15, 0.2) is 10.2 Å². The number of piperazine rings is 1. The summed E-state index contributed by atoms with van der Waals surface area (Å²) in [4.78, 5) is 36.3. The third-order valence-electron chi connectivity index (χ3n) is 10.8. The number of thioether (sulfide) groups is 2. The molecule has 11 heteroatoms. The number of benzene rings is 5. The summed E-state index contributed by atoms with van der Waals surface area (Å²) in [5, 5.41) is 0.0366. The van der Waals surface area contributed by atoms with Gasteiger partial charge in [0, 0.05) is 42.1 Å². The number of H-pyrrole nitrogens is 1. The van der Waals surface area contributed by atoms with E-state index >= 15 is 18.0 Å². The fourth-order valence-electron chi connectivity index (χ4n) is 8.51. The van der Waals surface area contributed by atoms with Crippen LogP contribution in [0.4, 0.5) is 5.69 Å². The van der Waals surface area contributed by atoms with Crippen LogP contribution in [0.5, 0.6) is 0 Å². The van der Waals surface area contributed by atoms with Gasteiger partial charge in [0.25, 0.3) is 21.8 Å². The summed E-state index contributed by atoms with van der Waals surface area (Å²) in [6.45, 7) is 0. The molecule has 2 amide bonds. The number of fused-ring (bicyclic) bond motifs is 6. The van der Waals surface area contributed by atoms with Crippen LogP contribution in [0.3, 0.4) is 0 Å². The molecule has 0 unspecified atom stereocenters. The highest BCUT2D eigenvalue weighted by Crippen LogP contribution is 2.66. The van der Waals surface area contributed by atoms with E-state index in [0.29, 0.717) is 17.2 Å². The van der Waals surface area contributed by atoms with Crippen molar-refractivity contribution < 1.29 is 18.0 Å². The molecule has 3 aliphatic rings. The molecule has 9 rings (SSSR count). The number of hydrogen-bond acceptors (Lipinski definition) is 6. The van der Waals surface area contributed by atoms with Crippen LogP contribution in [0.25, 0.3) is 10.9 Å². The molecule has 0 radical (unpaired) electrons. The van der Waals surface area contributed by atoms with Gasteiger partial charge in [-0.05, 0) is 46.5 Å². The number of para-hydroxylation sites is 2. The van der Waals surface area contributed by atoms with Crippen LogP contribution in [0.1, 0.15) is 28.7 Å². The number of carbonyl (C=O) groups is 2. The number of aromatic nitrogens is 1. The van der Waals surface area contributed by atoms with E-state index in [0.717, 1.165) is 33.2 Å². The number of amides is 2. The Morgan fingerprint density at radius 1 is 0.736 bits per heavy atom. The fourth-order valence-corrected chi connectivity index (χ4v) is 12.8. The van der Waals surface area contributed by atoms with Crippen molar-refractivity contribution in [3.05, 3.63) is 168 Å². The molecule has 0 aliphatic carbocycles. The highest BCUT2D eigenvalue weighted by molar-refractivity contribution is 8.01. The van der Waals surface area contributed by atoms with Crippen molar-refractivity contribution in [2.45, 2.75) is 44.6 Å². The molecular weight excluding hydrogens is 721 g/mol. The molecule has 8 nitrogen and oxygen atoms in total. The van der Waals surface area contributed by atoms with Crippen LogP contribution in [-0.2, 0) is 36.5 Å². The minimum Gasteiger partial charge on any atom is -0.361 e. The third-order valence-corrected chi connectivity index (χ3v) is 15.4. The Bertz CT molecular complexity index is 2460. The van der Waals surface area contributed by atoms with Crippen LogP contribution in [0.2, 0.25) is 0 Å². The summed E-state index contributed by atoms with van der Waals surface area (Å²) in [5.41, 5.74) is 3.91. The molecule has 2 fully saturated rings. The zero-order valence-electron chi connectivity index (χ0n) is 28.8. The van der Waals surface area contributed by atoms with E-state index < -0.39 is 31.8 Å². The maximum absolute atomic E-state index is 15.5. The van der Waals surface area contributed by atoms with E-state index in [1.807, 2.05) is 115 Å². The summed E-state index contributed by atoms with van der Waals surface area (Å²) in [5.74, 6) is 0.431. The molecule has 6 aromatic rings. The van der Waals surface area contributed by atoms with Gasteiger partial charge in [-0.25, -0.2) is 12.7 Å². The number of nitrogens with zero attached hydrogens (tertiary/aromatic N) is 3. The van der Waals surface area contributed by atoms with Crippen molar-refractivity contribution in [3.8, 4) is 0 Å². The molecule has 0 saturated carbocycles. The molecule has 1 N–H and O–H groups in total. The average Bonchev–Trinajstić information content (AvgIpc) is 3.85. The zero-order chi connectivity index (χ0) is 36.4.